The highest BCUT2D eigenvalue weighted by molar-refractivity contribution is 5.89. The van der Waals surface area contributed by atoms with Crippen LogP contribution in [0.2, 0.25) is 0 Å². The molecule has 1 fully saturated rings. The molecule has 3 N–H and O–H groups in total. The average Bonchev–Trinajstić information content (AvgIpc) is 2.62. The molecule has 0 radical (unpaired) electrons. The van der Waals surface area contributed by atoms with E-state index in [1.54, 1.807) is 0 Å². The smallest absolute Gasteiger partial charge is 0.240 e. The monoisotopic (exact) mass is 241 g/mol. The Hall–Kier alpha value is -1.10. The largest absolute Gasteiger partial charge is 0.368 e. The number of carbonyl (C=O) groups excluding carboxylic acids is 2. The topological polar surface area (TPSA) is 75.4 Å². The van der Waals surface area contributed by atoms with E-state index in [9.17, 15) is 9.59 Å². The number of hydrogen-bond acceptors (Lipinski definition) is 3. The first kappa shape index (κ1) is 14.0. The van der Waals surface area contributed by atoms with Crippen LogP contribution < -0.4 is 11.1 Å². The normalized spacial score (nSPS) is 22.7. The van der Waals surface area contributed by atoms with Gasteiger partial charge >= 0.3 is 0 Å². The van der Waals surface area contributed by atoms with Gasteiger partial charge in [-0.3, -0.25) is 14.5 Å². The summed E-state index contributed by atoms with van der Waals surface area (Å²) in [6.45, 7) is 4.94. The maximum atomic E-state index is 12.0. The summed E-state index contributed by atoms with van der Waals surface area (Å²) in [6, 6.07) is -0.652. The molecule has 0 aromatic carbocycles. The fraction of sp³-hybridized carbons (Fsp3) is 0.833. The van der Waals surface area contributed by atoms with Gasteiger partial charge in [0.15, 0.2) is 0 Å². The van der Waals surface area contributed by atoms with Crippen LogP contribution in [0.5, 0.6) is 0 Å². The molecule has 17 heavy (non-hydrogen) atoms. The van der Waals surface area contributed by atoms with Crippen LogP contribution in [0.4, 0.5) is 0 Å². The van der Waals surface area contributed by atoms with E-state index in [2.05, 4.69) is 5.32 Å². The summed E-state index contributed by atoms with van der Waals surface area (Å²) < 4.78 is 0. The minimum absolute atomic E-state index is 0.0746. The predicted molar refractivity (Wildman–Crippen MR) is 66.2 cm³/mol. The molecule has 1 aliphatic heterocycles. The maximum Gasteiger partial charge on any atom is 0.240 e. The fourth-order valence-electron chi connectivity index (χ4n) is 2.23. The lowest BCUT2D eigenvalue weighted by atomic mass is 10.0. The van der Waals surface area contributed by atoms with Crippen LogP contribution in [0.25, 0.3) is 0 Å². The number of rotatable bonds is 5. The van der Waals surface area contributed by atoms with Crippen molar-refractivity contribution < 1.29 is 9.59 Å². The summed E-state index contributed by atoms with van der Waals surface area (Å²) in [6.07, 6.45) is 2.48. The number of amides is 2. The van der Waals surface area contributed by atoms with Crippen LogP contribution in [0, 0.1) is 5.92 Å². The quantitative estimate of drug-likeness (QED) is 0.716. The van der Waals surface area contributed by atoms with E-state index in [1.165, 1.54) is 0 Å². The SMILES string of the molecule is CC(C)C[C@H](NC(=O)[C@@H]1CCCN1C)C(N)=O. The molecule has 0 spiro atoms. The summed E-state index contributed by atoms with van der Waals surface area (Å²) in [4.78, 5) is 25.3. The zero-order valence-electron chi connectivity index (χ0n) is 10.9. The van der Waals surface area contributed by atoms with Crippen LogP contribution in [-0.2, 0) is 9.59 Å². The molecule has 1 aliphatic rings. The van der Waals surface area contributed by atoms with Crippen molar-refractivity contribution >= 4 is 11.8 Å². The number of likely N-dealkylation sites (tertiary alicyclic amines) is 1. The lowest BCUT2D eigenvalue weighted by molar-refractivity contribution is -0.130. The Bertz CT molecular complexity index is 291. The Labute approximate surface area is 103 Å². The average molecular weight is 241 g/mol. The second-order valence-electron chi connectivity index (χ2n) is 5.23. The number of hydrogen-bond donors (Lipinski definition) is 2. The van der Waals surface area contributed by atoms with Gasteiger partial charge in [0.25, 0.3) is 0 Å². The molecule has 98 valence electrons. The minimum Gasteiger partial charge on any atom is -0.368 e. The van der Waals surface area contributed by atoms with Crippen molar-refractivity contribution in [3.05, 3.63) is 0 Å². The predicted octanol–water partition coefficient (Wildman–Crippen LogP) is 0.0968. The molecule has 0 aromatic rings. The van der Waals surface area contributed by atoms with Crippen molar-refractivity contribution in [1.82, 2.24) is 10.2 Å². The molecular formula is C12H23N3O2. The summed E-state index contributed by atoms with van der Waals surface area (Å²) >= 11 is 0. The standard InChI is InChI=1S/C12H23N3O2/c1-8(2)7-9(11(13)16)14-12(17)10-5-4-6-15(10)3/h8-10H,4-7H2,1-3H3,(H2,13,16)(H,14,17)/t9-,10-/m0/s1. The molecule has 2 atom stereocenters. The molecule has 1 saturated heterocycles. The van der Waals surface area contributed by atoms with Crippen molar-refractivity contribution in [2.75, 3.05) is 13.6 Å². The first-order valence-corrected chi connectivity index (χ1v) is 6.21. The summed E-state index contributed by atoms with van der Waals surface area (Å²) in [7, 11) is 1.93. The van der Waals surface area contributed by atoms with Gasteiger partial charge in [-0.1, -0.05) is 13.8 Å². The second-order valence-corrected chi connectivity index (χ2v) is 5.23. The number of nitrogens with zero attached hydrogens (tertiary/aromatic N) is 1. The van der Waals surface area contributed by atoms with Gasteiger partial charge in [0.2, 0.25) is 11.8 Å². The van der Waals surface area contributed by atoms with Gasteiger partial charge in [0, 0.05) is 0 Å². The van der Waals surface area contributed by atoms with Gasteiger partial charge in [0.1, 0.15) is 6.04 Å². The highest BCUT2D eigenvalue weighted by Gasteiger charge is 2.30. The lowest BCUT2D eigenvalue weighted by Gasteiger charge is -2.23. The first-order chi connectivity index (χ1) is 7.91. The molecule has 0 aliphatic carbocycles. The maximum absolute atomic E-state index is 12.0. The number of carbonyl (C=O) groups is 2. The third-order valence-electron chi connectivity index (χ3n) is 3.19. The van der Waals surface area contributed by atoms with Gasteiger partial charge in [-0.2, -0.15) is 0 Å². The molecule has 2 amide bonds. The fourth-order valence-corrected chi connectivity index (χ4v) is 2.23. The van der Waals surface area contributed by atoms with Gasteiger partial charge in [0.05, 0.1) is 6.04 Å². The zero-order valence-corrected chi connectivity index (χ0v) is 10.9. The van der Waals surface area contributed by atoms with Crippen LogP contribution in [0.1, 0.15) is 33.1 Å². The Kier molecular flexibility index (Phi) is 4.93. The number of nitrogens with two attached hydrogens (primary N) is 1. The van der Waals surface area contributed by atoms with Crippen molar-refractivity contribution in [3.8, 4) is 0 Å². The number of nitrogens with one attached hydrogen (secondary N) is 1. The van der Waals surface area contributed by atoms with Gasteiger partial charge in [-0.15, -0.1) is 0 Å². The van der Waals surface area contributed by atoms with E-state index < -0.39 is 11.9 Å². The van der Waals surface area contributed by atoms with Crippen LogP contribution in [0.3, 0.4) is 0 Å². The van der Waals surface area contributed by atoms with Crippen molar-refractivity contribution in [3.63, 3.8) is 0 Å². The number of primary amides is 1. The number of likely N-dealkylation sites (N-methyl/N-ethyl adjacent to an activating group) is 1. The highest BCUT2D eigenvalue weighted by Crippen LogP contribution is 2.15. The Balaban J connectivity index is 2.54. The second kappa shape index (κ2) is 6.00. The Morgan fingerprint density at radius 1 is 1.47 bits per heavy atom. The highest BCUT2D eigenvalue weighted by atomic mass is 16.2. The third-order valence-corrected chi connectivity index (χ3v) is 3.19. The summed E-state index contributed by atoms with van der Waals surface area (Å²) in [5, 5.41) is 2.76. The van der Waals surface area contributed by atoms with Gasteiger partial charge < -0.3 is 11.1 Å². The molecule has 1 rings (SSSR count). The van der Waals surface area contributed by atoms with E-state index in [0.717, 1.165) is 19.4 Å². The molecule has 0 aromatic heterocycles. The zero-order chi connectivity index (χ0) is 13.0. The van der Waals surface area contributed by atoms with Crippen LogP contribution in [0.15, 0.2) is 0 Å². The molecule has 5 heteroatoms. The first-order valence-electron chi connectivity index (χ1n) is 6.21. The summed E-state index contributed by atoms with van der Waals surface area (Å²) in [5.41, 5.74) is 5.30. The van der Waals surface area contributed by atoms with Gasteiger partial charge in [-0.05, 0) is 38.8 Å². The van der Waals surface area contributed by atoms with Crippen LogP contribution in [-0.4, -0.2) is 42.4 Å². The van der Waals surface area contributed by atoms with E-state index >= 15 is 0 Å². The van der Waals surface area contributed by atoms with E-state index in [1.807, 2.05) is 25.8 Å². The molecule has 5 nitrogen and oxygen atoms in total. The summed E-state index contributed by atoms with van der Waals surface area (Å²) in [5.74, 6) is -0.198. The Morgan fingerprint density at radius 3 is 2.53 bits per heavy atom. The molecule has 0 bridgehead atoms. The molecule has 1 heterocycles. The third kappa shape index (κ3) is 4.00. The van der Waals surface area contributed by atoms with E-state index in [4.69, 9.17) is 5.73 Å². The van der Waals surface area contributed by atoms with E-state index in [-0.39, 0.29) is 11.9 Å². The Morgan fingerprint density at radius 2 is 2.12 bits per heavy atom. The molecule has 0 saturated carbocycles. The van der Waals surface area contributed by atoms with Crippen molar-refractivity contribution in [2.24, 2.45) is 11.7 Å². The molecular weight excluding hydrogens is 218 g/mol. The molecule has 0 unspecified atom stereocenters. The minimum atomic E-state index is -0.545. The van der Waals surface area contributed by atoms with Crippen LogP contribution >= 0.6 is 0 Å². The van der Waals surface area contributed by atoms with Crippen molar-refractivity contribution in [1.29, 1.82) is 0 Å². The van der Waals surface area contributed by atoms with E-state index in [0.29, 0.717) is 12.3 Å². The lowest BCUT2D eigenvalue weighted by Crippen LogP contribution is -2.50. The van der Waals surface area contributed by atoms with Crippen molar-refractivity contribution in [2.45, 2.75) is 45.2 Å². The van der Waals surface area contributed by atoms with Gasteiger partial charge in [-0.25, -0.2) is 0 Å².